The molecular formula is C15H22ClNS. The maximum absolute atomic E-state index is 5.84. The van der Waals surface area contributed by atoms with Crippen LogP contribution < -0.4 is 0 Å². The summed E-state index contributed by atoms with van der Waals surface area (Å²) in [6, 6.07) is 10.7. The minimum atomic E-state index is 0.817. The molecule has 0 aliphatic carbocycles. The Labute approximate surface area is 120 Å². The molecule has 0 aromatic heterocycles. The molecule has 100 valence electrons. The van der Waals surface area contributed by atoms with Crippen molar-refractivity contribution in [2.45, 2.75) is 24.2 Å². The van der Waals surface area contributed by atoms with E-state index in [9.17, 15) is 0 Å². The molecule has 1 heterocycles. The van der Waals surface area contributed by atoms with Crippen molar-refractivity contribution in [3.63, 3.8) is 0 Å². The van der Waals surface area contributed by atoms with Crippen LogP contribution in [0.15, 0.2) is 35.2 Å². The fourth-order valence-electron chi connectivity index (χ4n) is 2.55. The van der Waals surface area contributed by atoms with E-state index in [1.165, 1.54) is 49.5 Å². The fraction of sp³-hybridized carbons (Fsp3) is 0.600. The summed E-state index contributed by atoms with van der Waals surface area (Å²) in [4.78, 5) is 3.99. The molecule has 1 aromatic carbocycles. The smallest absolute Gasteiger partial charge is 0.0226 e. The average Bonchev–Trinajstić information content (AvgIpc) is 2.41. The van der Waals surface area contributed by atoms with Crippen molar-refractivity contribution in [1.29, 1.82) is 0 Å². The third-order valence-electron chi connectivity index (χ3n) is 3.54. The van der Waals surface area contributed by atoms with Crippen LogP contribution in [-0.2, 0) is 0 Å². The maximum Gasteiger partial charge on any atom is 0.0226 e. The Kier molecular flexibility index (Phi) is 6.39. The van der Waals surface area contributed by atoms with Gasteiger partial charge in [0.1, 0.15) is 0 Å². The van der Waals surface area contributed by atoms with E-state index in [2.05, 4.69) is 35.2 Å². The summed E-state index contributed by atoms with van der Waals surface area (Å²) in [6.07, 6.45) is 3.90. The maximum atomic E-state index is 5.84. The number of hydrogen-bond acceptors (Lipinski definition) is 2. The molecule has 18 heavy (non-hydrogen) atoms. The second-order valence-corrected chi connectivity index (χ2v) is 6.49. The summed E-state index contributed by atoms with van der Waals surface area (Å²) in [6.45, 7) is 3.73. The van der Waals surface area contributed by atoms with Gasteiger partial charge in [0.2, 0.25) is 0 Å². The summed E-state index contributed by atoms with van der Waals surface area (Å²) in [5, 5.41) is 0. The molecular weight excluding hydrogens is 262 g/mol. The number of benzene rings is 1. The molecule has 0 spiro atoms. The number of rotatable bonds is 6. The van der Waals surface area contributed by atoms with Crippen molar-refractivity contribution in [2.24, 2.45) is 5.92 Å². The number of likely N-dealkylation sites (tertiary alicyclic amines) is 1. The average molecular weight is 284 g/mol. The lowest BCUT2D eigenvalue weighted by Crippen LogP contribution is -2.36. The van der Waals surface area contributed by atoms with Crippen molar-refractivity contribution in [3.8, 4) is 0 Å². The molecule has 0 radical (unpaired) electrons. The molecule has 0 saturated carbocycles. The number of hydrogen-bond donors (Lipinski definition) is 0. The van der Waals surface area contributed by atoms with Gasteiger partial charge in [-0.1, -0.05) is 18.2 Å². The van der Waals surface area contributed by atoms with Crippen LogP contribution in [0.1, 0.15) is 19.3 Å². The molecule has 1 unspecified atom stereocenters. The summed E-state index contributed by atoms with van der Waals surface area (Å²) in [7, 11) is 0. The van der Waals surface area contributed by atoms with Crippen molar-refractivity contribution < 1.29 is 0 Å². The van der Waals surface area contributed by atoms with E-state index in [0.29, 0.717) is 0 Å². The van der Waals surface area contributed by atoms with Crippen LogP contribution in [0.25, 0.3) is 0 Å². The first kappa shape index (κ1) is 14.2. The van der Waals surface area contributed by atoms with E-state index in [1.807, 2.05) is 11.8 Å². The van der Waals surface area contributed by atoms with Crippen molar-refractivity contribution in [1.82, 2.24) is 4.90 Å². The zero-order valence-corrected chi connectivity index (χ0v) is 12.4. The number of piperidine rings is 1. The Morgan fingerprint density at radius 3 is 2.89 bits per heavy atom. The van der Waals surface area contributed by atoms with Crippen LogP contribution in [-0.4, -0.2) is 36.2 Å². The number of alkyl halides is 1. The molecule has 1 saturated heterocycles. The Balaban J connectivity index is 1.67. The van der Waals surface area contributed by atoms with Crippen molar-refractivity contribution in [2.75, 3.05) is 31.3 Å². The highest BCUT2D eigenvalue weighted by molar-refractivity contribution is 7.99. The van der Waals surface area contributed by atoms with Crippen LogP contribution in [0.5, 0.6) is 0 Å². The highest BCUT2D eigenvalue weighted by atomic mass is 35.5. The Morgan fingerprint density at radius 2 is 2.11 bits per heavy atom. The standard InChI is InChI=1S/C15H22ClNS/c16-9-8-14-5-4-10-17(13-14)11-12-18-15-6-2-1-3-7-15/h1-3,6-7,14H,4-5,8-13H2. The van der Waals surface area contributed by atoms with Crippen molar-refractivity contribution in [3.05, 3.63) is 30.3 Å². The van der Waals surface area contributed by atoms with E-state index in [-0.39, 0.29) is 0 Å². The quantitative estimate of drug-likeness (QED) is 0.571. The number of nitrogens with zero attached hydrogens (tertiary/aromatic N) is 1. The van der Waals surface area contributed by atoms with Gasteiger partial charge in [0.25, 0.3) is 0 Å². The molecule has 0 amide bonds. The van der Waals surface area contributed by atoms with Gasteiger partial charge < -0.3 is 4.90 Å². The zero-order chi connectivity index (χ0) is 12.6. The monoisotopic (exact) mass is 283 g/mol. The predicted octanol–water partition coefficient (Wildman–Crippen LogP) is 4.12. The van der Waals surface area contributed by atoms with Gasteiger partial charge in [0, 0.05) is 29.6 Å². The molecule has 1 aliphatic rings. The normalized spacial score (nSPS) is 21.1. The minimum absolute atomic E-state index is 0.817. The molecule has 1 aromatic rings. The molecule has 0 N–H and O–H groups in total. The lowest BCUT2D eigenvalue weighted by Gasteiger charge is -2.32. The van der Waals surface area contributed by atoms with E-state index in [4.69, 9.17) is 11.6 Å². The highest BCUT2D eigenvalue weighted by Crippen LogP contribution is 2.22. The van der Waals surface area contributed by atoms with Crippen LogP contribution in [0.3, 0.4) is 0 Å². The first-order valence-electron chi connectivity index (χ1n) is 6.84. The van der Waals surface area contributed by atoms with Crippen LogP contribution >= 0.6 is 23.4 Å². The second-order valence-electron chi connectivity index (χ2n) is 4.95. The summed E-state index contributed by atoms with van der Waals surface area (Å²) >= 11 is 7.81. The molecule has 0 bridgehead atoms. The molecule has 1 aliphatic heterocycles. The lowest BCUT2D eigenvalue weighted by molar-refractivity contribution is 0.181. The van der Waals surface area contributed by atoms with Gasteiger partial charge in [-0.15, -0.1) is 23.4 Å². The Hall–Kier alpha value is -0.180. The Morgan fingerprint density at radius 1 is 1.28 bits per heavy atom. The molecule has 3 heteroatoms. The van der Waals surface area contributed by atoms with E-state index < -0.39 is 0 Å². The second kappa shape index (κ2) is 8.08. The Bertz CT molecular complexity index is 329. The van der Waals surface area contributed by atoms with Gasteiger partial charge >= 0.3 is 0 Å². The number of halogens is 1. The van der Waals surface area contributed by atoms with Gasteiger partial charge in [0.05, 0.1) is 0 Å². The fourth-order valence-corrected chi connectivity index (χ4v) is 3.80. The van der Waals surface area contributed by atoms with Crippen LogP contribution in [0, 0.1) is 5.92 Å². The first-order valence-corrected chi connectivity index (χ1v) is 8.36. The van der Waals surface area contributed by atoms with Crippen LogP contribution in [0.2, 0.25) is 0 Å². The van der Waals surface area contributed by atoms with E-state index >= 15 is 0 Å². The summed E-state index contributed by atoms with van der Waals surface area (Å²) < 4.78 is 0. The zero-order valence-electron chi connectivity index (χ0n) is 10.9. The summed E-state index contributed by atoms with van der Waals surface area (Å²) in [5.74, 6) is 2.84. The minimum Gasteiger partial charge on any atom is -0.302 e. The lowest BCUT2D eigenvalue weighted by atomic mass is 9.96. The van der Waals surface area contributed by atoms with Gasteiger partial charge in [-0.25, -0.2) is 0 Å². The number of thioether (sulfide) groups is 1. The first-order chi connectivity index (χ1) is 8.88. The molecule has 1 atom stereocenters. The molecule has 2 rings (SSSR count). The SMILES string of the molecule is ClCCC1CCCN(CCSc2ccccc2)C1. The van der Waals surface area contributed by atoms with Gasteiger partial charge in [-0.2, -0.15) is 0 Å². The predicted molar refractivity (Wildman–Crippen MR) is 81.7 cm³/mol. The van der Waals surface area contributed by atoms with Crippen molar-refractivity contribution >= 4 is 23.4 Å². The van der Waals surface area contributed by atoms with Gasteiger partial charge in [0.15, 0.2) is 0 Å². The van der Waals surface area contributed by atoms with E-state index in [1.54, 1.807) is 0 Å². The van der Waals surface area contributed by atoms with Gasteiger partial charge in [-0.05, 0) is 43.9 Å². The third kappa shape index (κ3) is 4.83. The topological polar surface area (TPSA) is 3.24 Å². The third-order valence-corrected chi connectivity index (χ3v) is 4.75. The largest absolute Gasteiger partial charge is 0.302 e. The molecule has 1 fully saturated rings. The molecule has 1 nitrogen and oxygen atoms in total. The highest BCUT2D eigenvalue weighted by Gasteiger charge is 2.18. The van der Waals surface area contributed by atoms with E-state index in [0.717, 1.165) is 11.8 Å². The van der Waals surface area contributed by atoms with Gasteiger partial charge in [-0.3, -0.25) is 0 Å². The summed E-state index contributed by atoms with van der Waals surface area (Å²) in [5.41, 5.74) is 0. The van der Waals surface area contributed by atoms with Crippen LogP contribution in [0.4, 0.5) is 0 Å².